The van der Waals surface area contributed by atoms with Crippen molar-refractivity contribution in [1.29, 1.82) is 0 Å². The molecule has 0 spiro atoms. The summed E-state index contributed by atoms with van der Waals surface area (Å²) < 4.78 is 0. The van der Waals surface area contributed by atoms with Crippen molar-refractivity contribution in [3.63, 3.8) is 0 Å². The molecule has 0 saturated carbocycles. The molecule has 0 aromatic heterocycles. The second-order valence-electron chi connectivity index (χ2n) is 3.42. The highest BCUT2D eigenvalue weighted by Gasteiger charge is 2.26. The Hall–Kier alpha value is -1.41. The van der Waals surface area contributed by atoms with Crippen molar-refractivity contribution < 1.29 is 9.59 Å². The lowest BCUT2D eigenvalue weighted by Gasteiger charge is -2.14. The van der Waals surface area contributed by atoms with Gasteiger partial charge in [0.15, 0.2) is 11.6 Å². The van der Waals surface area contributed by atoms with Crippen LogP contribution in [-0.4, -0.2) is 16.9 Å². The molecule has 1 aliphatic rings. The molecule has 0 amide bonds. The minimum atomic E-state index is -0.690. The van der Waals surface area contributed by atoms with E-state index in [-0.39, 0.29) is 18.0 Å². The summed E-state index contributed by atoms with van der Waals surface area (Å²) in [5, 5.41) is -0.690. The van der Waals surface area contributed by atoms with Gasteiger partial charge in [0.25, 0.3) is 0 Å². The topological polar surface area (TPSA) is 34.1 Å². The van der Waals surface area contributed by atoms with Crippen LogP contribution in [0.2, 0.25) is 0 Å². The van der Waals surface area contributed by atoms with Crippen molar-refractivity contribution in [2.45, 2.75) is 11.8 Å². The Labute approximate surface area is 92.6 Å². The van der Waals surface area contributed by atoms with E-state index >= 15 is 0 Å². The van der Waals surface area contributed by atoms with Gasteiger partial charge >= 0.3 is 0 Å². The van der Waals surface area contributed by atoms with E-state index in [1.54, 1.807) is 0 Å². The molecule has 0 N–H and O–H groups in total. The average Bonchev–Trinajstić information content (AvgIpc) is 2.25. The largest absolute Gasteiger partial charge is 0.294 e. The van der Waals surface area contributed by atoms with Crippen LogP contribution in [-0.2, 0) is 9.59 Å². The van der Waals surface area contributed by atoms with E-state index in [1.807, 2.05) is 30.3 Å². The second kappa shape index (κ2) is 3.99. The zero-order valence-corrected chi connectivity index (χ0v) is 8.70. The number of benzene rings is 1. The van der Waals surface area contributed by atoms with Crippen LogP contribution in [0.1, 0.15) is 12.0 Å². The fourth-order valence-electron chi connectivity index (χ4n) is 1.55. The van der Waals surface area contributed by atoms with Gasteiger partial charge in [0.05, 0.1) is 0 Å². The third kappa shape index (κ3) is 2.00. The number of carbonyl (C=O) groups excluding carboxylic acids is 2. The Balaban J connectivity index is 2.42. The Morgan fingerprint density at radius 2 is 1.80 bits per heavy atom. The predicted molar refractivity (Wildman–Crippen MR) is 58.7 cm³/mol. The Morgan fingerprint density at radius 1 is 1.13 bits per heavy atom. The fraction of sp³-hybridized carbons (Fsp3) is 0.167. The predicted octanol–water partition coefficient (Wildman–Crippen LogP) is 2.22. The maximum absolute atomic E-state index is 11.6. The number of allylic oxidation sites excluding steroid dienone is 2. The van der Waals surface area contributed by atoms with Gasteiger partial charge in [-0.15, -0.1) is 11.6 Å². The molecular formula is C12H9ClO2. The van der Waals surface area contributed by atoms with Gasteiger partial charge in [0.2, 0.25) is 0 Å². The van der Waals surface area contributed by atoms with E-state index < -0.39 is 5.38 Å². The highest BCUT2D eigenvalue weighted by molar-refractivity contribution is 6.41. The maximum atomic E-state index is 11.6. The number of hydrogen-bond acceptors (Lipinski definition) is 2. The van der Waals surface area contributed by atoms with Gasteiger partial charge in [-0.1, -0.05) is 30.3 Å². The molecule has 15 heavy (non-hydrogen) atoms. The lowest BCUT2D eigenvalue weighted by atomic mass is 9.91. The molecule has 76 valence electrons. The minimum Gasteiger partial charge on any atom is -0.294 e. The quantitative estimate of drug-likeness (QED) is 0.680. The number of Topliss-reactive ketones (excluding diaryl/α,β-unsaturated/α-hetero) is 1. The summed E-state index contributed by atoms with van der Waals surface area (Å²) in [5.74, 6) is -0.254. The number of halogens is 1. The van der Waals surface area contributed by atoms with Gasteiger partial charge in [-0.25, -0.2) is 0 Å². The summed E-state index contributed by atoms with van der Waals surface area (Å²) >= 11 is 5.70. The van der Waals surface area contributed by atoms with E-state index in [9.17, 15) is 9.59 Å². The van der Waals surface area contributed by atoms with Crippen molar-refractivity contribution >= 4 is 28.7 Å². The van der Waals surface area contributed by atoms with Crippen molar-refractivity contribution in [3.05, 3.63) is 42.0 Å². The minimum absolute atomic E-state index is 0.0687. The van der Waals surface area contributed by atoms with Crippen LogP contribution < -0.4 is 0 Å². The van der Waals surface area contributed by atoms with Crippen LogP contribution in [0.3, 0.4) is 0 Å². The van der Waals surface area contributed by atoms with Crippen LogP contribution in [0.5, 0.6) is 0 Å². The molecule has 1 aliphatic carbocycles. The smallest absolute Gasteiger partial charge is 0.174 e. The molecule has 0 fully saturated rings. The molecule has 3 heteroatoms. The van der Waals surface area contributed by atoms with E-state index in [0.717, 1.165) is 5.56 Å². The Morgan fingerprint density at radius 3 is 2.47 bits per heavy atom. The van der Waals surface area contributed by atoms with Gasteiger partial charge in [-0.3, -0.25) is 9.59 Å². The van der Waals surface area contributed by atoms with E-state index in [1.165, 1.54) is 6.08 Å². The lowest BCUT2D eigenvalue weighted by molar-refractivity contribution is -0.120. The summed E-state index contributed by atoms with van der Waals surface area (Å²) in [7, 11) is 0. The standard InChI is InChI=1S/C12H9ClO2/c13-10-7-11(14)9(6-12(10)15)8-4-2-1-3-5-8/h1-6,10H,7H2. The summed E-state index contributed by atoms with van der Waals surface area (Å²) in [6, 6.07) is 9.15. The third-order valence-corrected chi connectivity index (χ3v) is 2.71. The summed E-state index contributed by atoms with van der Waals surface area (Å²) in [6.45, 7) is 0. The number of rotatable bonds is 1. The molecule has 0 aliphatic heterocycles. The highest BCUT2D eigenvalue weighted by atomic mass is 35.5. The highest BCUT2D eigenvalue weighted by Crippen LogP contribution is 2.24. The van der Waals surface area contributed by atoms with Crippen LogP contribution in [0.15, 0.2) is 36.4 Å². The van der Waals surface area contributed by atoms with Crippen molar-refractivity contribution in [2.75, 3.05) is 0 Å². The molecule has 0 radical (unpaired) electrons. The van der Waals surface area contributed by atoms with Gasteiger partial charge in [-0.2, -0.15) is 0 Å². The zero-order chi connectivity index (χ0) is 10.8. The SMILES string of the molecule is O=C1CC(Cl)C(=O)C=C1c1ccccc1. The third-order valence-electron chi connectivity index (χ3n) is 2.35. The van der Waals surface area contributed by atoms with Gasteiger partial charge < -0.3 is 0 Å². The first kappa shape index (κ1) is 10.1. The molecule has 2 nitrogen and oxygen atoms in total. The van der Waals surface area contributed by atoms with E-state index in [2.05, 4.69) is 0 Å². The van der Waals surface area contributed by atoms with Crippen LogP contribution in [0, 0.1) is 0 Å². The first-order valence-corrected chi connectivity index (χ1v) is 5.10. The first-order valence-electron chi connectivity index (χ1n) is 4.66. The zero-order valence-electron chi connectivity index (χ0n) is 7.94. The second-order valence-corrected chi connectivity index (χ2v) is 3.95. The van der Waals surface area contributed by atoms with Crippen molar-refractivity contribution in [1.82, 2.24) is 0 Å². The monoisotopic (exact) mass is 220 g/mol. The van der Waals surface area contributed by atoms with E-state index in [4.69, 9.17) is 11.6 Å². The summed E-state index contributed by atoms with van der Waals surface area (Å²) in [6.07, 6.45) is 1.44. The molecule has 1 atom stereocenters. The molecular weight excluding hydrogens is 212 g/mol. The molecule has 1 unspecified atom stereocenters. The molecule has 2 rings (SSSR count). The molecule has 0 bridgehead atoms. The van der Waals surface area contributed by atoms with E-state index in [0.29, 0.717) is 5.57 Å². The van der Waals surface area contributed by atoms with Gasteiger partial charge in [-0.05, 0) is 11.6 Å². The maximum Gasteiger partial charge on any atom is 0.174 e. The van der Waals surface area contributed by atoms with Gasteiger partial charge in [0.1, 0.15) is 5.38 Å². The molecule has 0 heterocycles. The summed E-state index contributed by atoms with van der Waals surface area (Å²) in [5.41, 5.74) is 1.25. The van der Waals surface area contributed by atoms with Gasteiger partial charge in [0, 0.05) is 12.0 Å². The number of alkyl halides is 1. The Bertz CT molecular complexity index is 434. The van der Waals surface area contributed by atoms with Crippen LogP contribution in [0.4, 0.5) is 0 Å². The number of ketones is 2. The molecule has 1 aromatic rings. The average molecular weight is 221 g/mol. The summed E-state index contributed by atoms with van der Waals surface area (Å²) in [4.78, 5) is 23.0. The lowest BCUT2D eigenvalue weighted by Crippen LogP contribution is -2.23. The van der Waals surface area contributed by atoms with Crippen molar-refractivity contribution in [2.24, 2.45) is 0 Å². The molecule has 1 aromatic carbocycles. The van der Waals surface area contributed by atoms with Crippen molar-refractivity contribution in [3.8, 4) is 0 Å². The fourth-order valence-corrected chi connectivity index (χ4v) is 1.75. The number of hydrogen-bond donors (Lipinski definition) is 0. The van der Waals surface area contributed by atoms with Crippen LogP contribution >= 0.6 is 11.6 Å². The Kier molecular flexibility index (Phi) is 2.69. The molecule has 0 saturated heterocycles. The number of carbonyl (C=O) groups is 2. The normalized spacial score (nSPS) is 21.4. The van der Waals surface area contributed by atoms with Crippen LogP contribution in [0.25, 0.3) is 5.57 Å². The first-order chi connectivity index (χ1) is 7.18.